The van der Waals surface area contributed by atoms with Crippen LogP contribution in [0.15, 0.2) is 112 Å². The van der Waals surface area contributed by atoms with Crippen LogP contribution in [0.25, 0.3) is 5.57 Å². The third-order valence-electron chi connectivity index (χ3n) is 16.0. The number of imide groups is 1. The predicted molar refractivity (Wildman–Crippen MR) is 307 cm³/mol. The molecule has 10 rings (SSSR count). The van der Waals surface area contributed by atoms with Gasteiger partial charge in [0.15, 0.2) is 6.68 Å². The molecule has 16 nitrogen and oxygen atoms in total. The van der Waals surface area contributed by atoms with Crippen molar-refractivity contribution < 1.29 is 77.5 Å². The number of likely N-dealkylation sites (tertiary alicyclic amines) is 1. The molecule has 0 spiro atoms. The maximum absolute atomic E-state index is 13.5. The molecule has 1 saturated carbocycles. The Bertz CT molecular complexity index is 2820. The van der Waals surface area contributed by atoms with Crippen molar-refractivity contribution in [2.75, 3.05) is 94.6 Å². The van der Waals surface area contributed by atoms with E-state index in [2.05, 4.69) is 77.5 Å². The minimum atomic E-state index is -4.16. The summed E-state index contributed by atoms with van der Waals surface area (Å²) in [4.78, 5) is 48.9. The van der Waals surface area contributed by atoms with E-state index in [-0.39, 0.29) is 82.6 Å². The van der Waals surface area contributed by atoms with Gasteiger partial charge in [0.25, 0.3) is 5.91 Å². The first-order valence-corrected chi connectivity index (χ1v) is 30.0. The Balaban J connectivity index is 0.00000146. The van der Waals surface area contributed by atoms with E-state index in [4.69, 9.17) is 16.3 Å². The quantitative estimate of drug-likeness (QED) is 0.0429. The molecule has 4 aromatic carbocycles. The summed E-state index contributed by atoms with van der Waals surface area (Å²) in [5.74, 6) is 0.331. The van der Waals surface area contributed by atoms with Crippen LogP contribution >= 0.6 is 23.4 Å². The molecule has 4 aromatic rings. The number of thioether (sulfide) groups is 1. The smallest absolute Gasteiger partial charge is 0.264 e. The molecule has 6 aliphatic rings. The summed E-state index contributed by atoms with van der Waals surface area (Å²) in [6.07, 6.45) is 7.14. The molecule has 0 bridgehead atoms. The fourth-order valence-electron chi connectivity index (χ4n) is 11.8. The molecule has 1 radical (unpaired) electrons. The fourth-order valence-corrected chi connectivity index (χ4v) is 13.9. The third-order valence-corrected chi connectivity index (χ3v) is 18.7. The van der Waals surface area contributed by atoms with Crippen molar-refractivity contribution in [2.24, 2.45) is 11.3 Å². The number of piperidine rings is 2. The van der Waals surface area contributed by atoms with Gasteiger partial charge in [-0.1, -0.05) is 60.1 Å². The maximum Gasteiger partial charge on any atom is 0.264 e. The summed E-state index contributed by atoms with van der Waals surface area (Å²) < 4.78 is 63.7. The molecule has 4 aliphatic heterocycles. The van der Waals surface area contributed by atoms with Crippen molar-refractivity contribution >= 4 is 68.1 Å². The second kappa shape index (κ2) is 30.6. The number of nitrogens with one attached hydrogen (secondary N) is 4. The number of piperazine rings is 1. The van der Waals surface area contributed by atoms with E-state index >= 15 is 0 Å². The van der Waals surface area contributed by atoms with Gasteiger partial charge >= 0.3 is 0 Å². The molecule has 4 heterocycles. The van der Waals surface area contributed by atoms with Gasteiger partial charge in [0.1, 0.15) is 0 Å². The second-order valence-corrected chi connectivity index (χ2v) is 24.9. The number of hydrogen-bond donors (Lipinski definition) is 4. The number of anilines is 2. The average Bonchev–Trinajstić information content (AvgIpc) is 4.40. The van der Waals surface area contributed by atoms with Crippen LogP contribution in [0.5, 0.6) is 0 Å². The van der Waals surface area contributed by atoms with Gasteiger partial charge in [0.2, 0.25) is 21.8 Å². The molecule has 6 atom stereocenters. The fraction of sp³-hybridized carbons (Fsp3) is 0.483. The number of carbonyl (C=O) groups is 3. The Morgan fingerprint density at radius 2 is 1.65 bits per heavy atom. The van der Waals surface area contributed by atoms with E-state index in [1.165, 1.54) is 33.7 Å². The normalized spacial score (nSPS) is 23.8. The van der Waals surface area contributed by atoms with Crippen molar-refractivity contribution in [2.45, 2.75) is 92.2 Å². The van der Waals surface area contributed by atoms with Crippen LogP contribution in [-0.4, -0.2) is 160 Å². The zero-order valence-electron chi connectivity index (χ0n) is 45.6. The number of carbonyl (C=O) groups excluding carboxylic acids is 3. The van der Waals surface area contributed by atoms with Gasteiger partial charge in [-0.2, -0.15) is 18.2 Å². The first-order valence-electron chi connectivity index (χ1n) is 27.1. The van der Waals surface area contributed by atoms with Crippen molar-refractivity contribution in [1.29, 1.82) is 0 Å². The number of ether oxygens (including phenoxy) is 1. The van der Waals surface area contributed by atoms with Crippen molar-refractivity contribution in [1.82, 2.24) is 30.1 Å². The van der Waals surface area contributed by atoms with Crippen molar-refractivity contribution in [3.63, 3.8) is 0 Å². The van der Waals surface area contributed by atoms with Gasteiger partial charge in [-0.05, 0) is 121 Å². The number of hydrogen-bond acceptors (Lipinski definition) is 13. The number of rotatable bonds is 19. The molecule has 8 N–H and O–H groups in total. The summed E-state index contributed by atoms with van der Waals surface area (Å²) in [5.41, 5.74) is 6.22. The van der Waals surface area contributed by atoms with Gasteiger partial charge in [-0.25, -0.2) is 8.42 Å². The molecule has 81 heavy (non-hydrogen) atoms. The van der Waals surface area contributed by atoms with E-state index in [0.29, 0.717) is 30.5 Å². The van der Waals surface area contributed by atoms with Crippen LogP contribution in [0.3, 0.4) is 0 Å². The zero-order chi connectivity index (χ0) is 54.8. The van der Waals surface area contributed by atoms with Crippen LogP contribution in [0.1, 0.15) is 74.2 Å². The molecule has 23 heteroatoms. The summed E-state index contributed by atoms with van der Waals surface area (Å²) in [5, 5.41) is 10.5. The maximum atomic E-state index is 13.5. The van der Waals surface area contributed by atoms with Crippen LogP contribution in [0.4, 0.5) is 24.5 Å². The standard InChI is InChI=1S/C57H70ClN8O6S2.CF3.2H2O.Sc/c1-57(39-66-37-52(50-34-53(50)66)60-51-20-21-54(67)61-56(51)69)24-22-49(40-8-12-43(58)13-9-40)42(35-57)36-64-27-29-65(30-28-64)46-16-10-41(11-17-46)55(68)62-74(70,71)48-18-14-44(15-19-48)59-45(38-73-47-6-3-2-4-7-47)23-26-63-25-5-32-72-33-31-63;2-1(3)4;;;/h2-4,6-14,16-19,45,50-53,59-60H,5,20-39H2,1H3,(H,62,68)(H,61,67,69);;2*1H2;/q2*-1;;;/t45-,50?,51?,52?,53?,57-;;;;/m1..../s1. The topological polar surface area (TPSA) is 219 Å². The van der Waals surface area contributed by atoms with Gasteiger partial charge in [0, 0.05) is 149 Å². The number of allylic oxidation sites excluding steroid dienone is 1. The Hall–Kier alpha value is -4.20. The Morgan fingerprint density at radius 3 is 2.35 bits per heavy atom. The zero-order valence-corrected chi connectivity index (χ0v) is 49.8. The van der Waals surface area contributed by atoms with Crippen LogP contribution in [-0.2, 0) is 50.2 Å². The largest absolute Gasteiger partial charge is 0.412 e. The van der Waals surface area contributed by atoms with Crippen molar-refractivity contribution in [3.05, 3.63) is 132 Å². The molecule has 4 saturated heterocycles. The summed E-state index contributed by atoms with van der Waals surface area (Å²) in [6, 6.07) is 34.2. The molecule has 4 unspecified atom stereocenters. The minimum absolute atomic E-state index is 0. The minimum Gasteiger partial charge on any atom is -0.412 e. The van der Waals surface area contributed by atoms with E-state index < -0.39 is 22.6 Å². The number of amides is 3. The summed E-state index contributed by atoms with van der Waals surface area (Å²) in [7, 11) is -4.16. The number of nitrogens with zero attached hydrogens (tertiary/aromatic N) is 4. The predicted octanol–water partition coefficient (Wildman–Crippen LogP) is 6.87. The second-order valence-electron chi connectivity index (χ2n) is 21.7. The first kappa shape index (κ1) is 65.9. The molecule has 439 valence electrons. The molecule has 2 aliphatic carbocycles. The van der Waals surface area contributed by atoms with Crippen molar-refractivity contribution in [3.8, 4) is 0 Å². The van der Waals surface area contributed by atoms with E-state index in [1.54, 1.807) is 30.0 Å². The van der Waals surface area contributed by atoms with Crippen LogP contribution < -0.4 is 25.6 Å². The Labute approximate surface area is 502 Å². The molecule has 5 fully saturated rings. The van der Waals surface area contributed by atoms with Crippen LogP contribution in [0.2, 0.25) is 5.02 Å². The van der Waals surface area contributed by atoms with E-state index in [0.717, 1.165) is 134 Å². The number of halogens is 4. The van der Waals surface area contributed by atoms with Crippen LogP contribution in [0, 0.1) is 24.1 Å². The first-order chi connectivity index (χ1) is 37.6. The van der Waals surface area contributed by atoms with Gasteiger partial charge in [0.05, 0.1) is 12.6 Å². The molecular formula is C58H74ClF3N8O8S2Sc-2. The number of fused-ring (bicyclic) bond motifs is 1. The van der Waals surface area contributed by atoms with E-state index in [9.17, 15) is 36.0 Å². The average molecular weight is 1210 g/mol. The van der Waals surface area contributed by atoms with Gasteiger partial charge in [-0.3, -0.25) is 34.2 Å². The third kappa shape index (κ3) is 18.6. The summed E-state index contributed by atoms with van der Waals surface area (Å²) in [6.45, 7) is 10.0. The Morgan fingerprint density at radius 1 is 0.926 bits per heavy atom. The van der Waals surface area contributed by atoms with Gasteiger partial charge in [-0.15, -0.1) is 17.8 Å². The molecule has 0 aromatic heterocycles. The SMILES string of the molecule is C[C@@]1(CN2CC(NC3CCC(=O)NC3=O)C3CC32)CCC(c2ccc(Cl)cc2)=C(CN2CCN(c3ccc(C(=O)NS(=O)(=O)c4c[c-]c(N[C@H](CCN5CCCOCC5)CSc5ccccc5)cc4)cc3)CC2)C1.F[C-](F)F.O.O.[Sc]. The van der Waals surface area contributed by atoms with Gasteiger partial charge < -0.3 is 49.3 Å². The number of sulfonamides is 1. The monoisotopic (exact) mass is 1210 g/mol. The summed E-state index contributed by atoms with van der Waals surface area (Å²) >= 11 is 8.15. The van der Waals surface area contributed by atoms with E-state index in [1.807, 2.05) is 42.5 Å². The molecule has 3 amide bonds. The Kier molecular flexibility index (Phi) is 24.9. The molecular weight excluding hydrogens is 1140 g/mol. The number of benzene rings is 4.